The molecule has 1 saturated carbocycles. The summed E-state index contributed by atoms with van der Waals surface area (Å²) in [7, 11) is -3.53. The van der Waals surface area contributed by atoms with E-state index in [1.807, 2.05) is 0 Å². The highest BCUT2D eigenvalue weighted by Crippen LogP contribution is 2.24. The fourth-order valence-corrected chi connectivity index (χ4v) is 4.60. The van der Waals surface area contributed by atoms with E-state index >= 15 is 0 Å². The minimum absolute atomic E-state index is 0.0235. The van der Waals surface area contributed by atoms with Crippen LogP contribution in [-0.2, 0) is 10.2 Å². The van der Waals surface area contributed by atoms with E-state index in [0.29, 0.717) is 12.6 Å². The van der Waals surface area contributed by atoms with E-state index in [2.05, 4.69) is 11.9 Å². The Morgan fingerprint density at radius 2 is 2.10 bits per heavy atom. The minimum Gasteiger partial charge on any atom is -0.395 e. The topological polar surface area (TPSA) is 72.9 Å². The molecule has 1 heterocycles. The van der Waals surface area contributed by atoms with Crippen LogP contribution in [0.4, 0.5) is 0 Å². The molecule has 0 aromatic rings. The molecule has 0 bridgehead atoms. The molecule has 122 valence electrons. The van der Waals surface area contributed by atoms with Crippen molar-refractivity contribution in [1.82, 2.24) is 13.9 Å². The van der Waals surface area contributed by atoms with E-state index in [1.165, 1.54) is 17.1 Å². The Balaban J connectivity index is 2.06. The van der Waals surface area contributed by atoms with Gasteiger partial charge in [-0.2, -0.15) is 17.0 Å². The summed E-state index contributed by atoms with van der Waals surface area (Å²) >= 11 is 0. The molecular formula is C14H27N3O3S. The van der Waals surface area contributed by atoms with Crippen LogP contribution < -0.4 is 5.32 Å². The van der Waals surface area contributed by atoms with Crippen molar-refractivity contribution >= 4 is 10.2 Å². The second-order valence-corrected chi connectivity index (χ2v) is 7.70. The summed E-state index contributed by atoms with van der Waals surface area (Å²) in [5.74, 6) is 0. The first-order valence-corrected chi connectivity index (χ1v) is 9.21. The Hall–Kier alpha value is -0.470. The summed E-state index contributed by atoms with van der Waals surface area (Å²) in [4.78, 5) is 0. The predicted molar refractivity (Wildman–Crippen MR) is 83.1 cm³/mol. The van der Waals surface area contributed by atoms with Gasteiger partial charge in [-0.25, -0.2) is 0 Å². The molecule has 2 fully saturated rings. The lowest BCUT2D eigenvalue weighted by Gasteiger charge is -2.37. The van der Waals surface area contributed by atoms with Gasteiger partial charge in [-0.05, 0) is 25.7 Å². The van der Waals surface area contributed by atoms with Gasteiger partial charge < -0.3 is 10.4 Å². The van der Waals surface area contributed by atoms with Crippen molar-refractivity contribution in [2.45, 2.75) is 44.2 Å². The van der Waals surface area contributed by atoms with Gasteiger partial charge in [0.25, 0.3) is 10.2 Å². The molecule has 1 aliphatic heterocycles. The van der Waals surface area contributed by atoms with Crippen LogP contribution in [-0.4, -0.2) is 67.0 Å². The number of aliphatic hydroxyl groups excluding tert-OH is 1. The van der Waals surface area contributed by atoms with Crippen LogP contribution in [0.15, 0.2) is 12.7 Å². The predicted octanol–water partition coefficient (Wildman–Crippen LogP) is 0.318. The van der Waals surface area contributed by atoms with Crippen molar-refractivity contribution in [3.05, 3.63) is 12.7 Å². The van der Waals surface area contributed by atoms with Gasteiger partial charge in [0.05, 0.1) is 6.61 Å². The molecule has 21 heavy (non-hydrogen) atoms. The fourth-order valence-electron chi connectivity index (χ4n) is 2.78. The first kappa shape index (κ1) is 16.9. The lowest BCUT2D eigenvalue weighted by atomic mass is 10.1. The molecule has 2 aliphatic rings. The molecule has 1 saturated heterocycles. The molecule has 2 N–H and O–H groups in total. The second-order valence-electron chi connectivity index (χ2n) is 5.82. The number of rotatable bonds is 9. The van der Waals surface area contributed by atoms with E-state index in [-0.39, 0.29) is 25.7 Å². The Labute approximate surface area is 128 Å². The minimum atomic E-state index is -3.53. The van der Waals surface area contributed by atoms with E-state index in [9.17, 15) is 8.42 Å². The normalized spacial score (nSPS) is 24.4. The Kier molecular flexibility index (Phi) is 6.19. The molecule has 0 aromatic carbocycles. The molecule has 1 aliphatic carbocycles. The van der Waals surface area contributed by atoms with Gasteiger partial charge >= 0.3 is 0 Å². The van der Waals surface area contributed by atoms with Crippen LogP contribution in [0.3, 0.4) is 0 Å². The van der Waals surface area contributed by atoms with Gasteiger partial charge in [0.15, 0.2) is 0 Å². The highest BCUT2D eigenvalue weighted by molar-refractivity contribution is 7.86. The third-order valence-electron chi connectivity index (χ3n) is 4.10. The van der Waals surface area contributed by atoms with Gasteiger partial charge in [-0.3, -0.25) is 0 Å². The van der Waals surface area contributed by atoms with Crippen LogP contribution in [0.1, 0.15) is 32.1 Å². The lowest BCUT2D eigenvalue weighted by molar-refractivity contribution is 0.213. The Morgan fingerprint density at radius 3 is 2.71 bits per heavy atom. The van der Waals surface area contributed by atoms with Crippen LogP contribution >= 0.6 is 0 Å². The average Bonchev–Trinajstić information content (AvgIpc) is 3.29. The maximum Gasteiger partial charge on any atom is 0.282 e. The summed E-state index contributed by atoms with van der Waals surface area (Å²) in [5, 5.41) is 12.5. The molecule has 0 amide bonds. The molecule has 0 radical (unpaired) electrons. The number of aliphatic hydroxyl groups is 1. The van der Waals surface area contributed by atoms with Crippen molar-refractivity contribution in [3.63, 3.8) is 0 Å². The standard InChI is InChI=1S/C14H27N3O3S/c1-2-8-16(10-11-18)21(19,20)17-9-4-3-5-14(17)12-15-13-6-7-13/h2,13-15,18H,1,3-12H2. The SMILES string of the molecule is C=CCN(CCO)S(=O)(=O)N1CCCCC1CNC1CC1. The molecule has 6 nitrogen and oxygen atoms in total. The molecule has 1 unspecified atom stereocenters. The Bertz CT molecular complexity index is 437. The molecular weight excluding hydrogens is 290 g/mol. The van der Waals surface area contributed by atoms with Crippen molar-refractivity contribution in [2.75, 3.05) is 32.8 Å². The number of hydrogen-bond acceptors (Lipinski definition) is 4. The van der Waals surface area contributed by atoms with Crippen molar-refractivity contribution in [1.29, 1.82) is 0 Å². The summed E-state index contributed by atoms with van der Waals surface area (Å²) in [6, 6.07) is 0.605. The van der Waals surface area contributed by atoms with E-state index in [0.717, 1.165) is 25.8 Å². The zero-order valence-electron chi connectivity index (χ0n) is 12.6. The van der Waals surface area contributed by atoms with Crippen LogP contribution in [0.2, 0.25) is 0 Å². The zero-order chi connectivity index (χ0) is 15.3. The third-order valence-corrected chi connectivity index (χ3v) is 6.16. The van der Waals surface area contributed by atoms with E-state index in [4.69, 9.17) is 5.11 Å². The average molecular weight is 317 g/mol. The molecule has 7 heteroatoms. The van der Waals surface area contributed by atoms with E-state index < -0.39 is 10.2 Å². The molecule has 0 spiro atoms. The maximum atomic E-state index is 12.8. The van der Waals surface area contributed by atoms with Gasteiger partial charge in [0, 0.05) is 38.3 Å². The molecule has 0 aromatic heterocycles. The highest BCUT2D eigenvalue weighted by atomic mass is 32.2. The van der Waals surface area contributed by atoms with Gasteiger partial charge in [0.1, 0.15) is 0 Å². The van der Waals surface area contributed by atoms with Crippen molar-refractivity contribution in [2.24, 2.45) is 0 Å². The quantitative estimate of drug-likeness (QED) is 0.601. The van der Waals surface area contributed by atoms with E-state index in [1.54, 1.807) is 10.4 Å². The van der Waals surface area contributed by atoms with Gasteiger partial charge in [0.2, 0.25) is 0 Å². The van der Waals surface area contributed by atoms with Crippen LogP contribution in [0, 0.1) is 0 Å². The maximum absolute atomic E-state index is 12.8. The number of piperidine rings is 1. The third kappa shape index (κ3) is 4.50. The van der Waals surface area contributed by atoms with Crippen LogP contribution in [0.25, 0.3) is 0 Å². The fraction of sp³-hybridized carbons (Fsp3) is 0.857. The molecule has 1 atom stereocenters. The molecule has 2 rings (SSSR count). The van der Waals surface area contributed by atoms with Gasteiger partial charge in [-0.1, -0.05) is 12.5 Å². The Morgan fingerprint density at radius 1 is 1.33 bits per heavy atom. The summed E-state index contributed by atoms with van der Waals surface area (Å²) in [6.07, 6.45) is 6.85. The number of nitrogens with one attached hydrogen (secondary N) is 1. The first-order valence-electron chi connectivity index (χ1n) is 7.81. The lowest BCUT2D eigenvalue weighted by Crippen LogP contribution is -2.54. The number of nitrogens with zero attached hydrogens (tertiary/aromatic N) is 2. The second kappa shape index (κ2) is 7.69. The summed E-state index contributed by atoms with van der Waals surface area (Å²) in [6.45, 7) is 5.09. The van der Waals surface area contributed by atoms with Crippen LogP contribution in [0.5, 0.6) is 0 Å². The highest BCUT2D eigenvalue weighted by Gasteiger charge is 2.36. The number of hydrogen-bond donors (Lipinski definition) is 2. The van der Waals surface area contributed by atoms with Gasteiger partial charge in [-0.15, -0.1) is 6.58 Å². The van der Waals surface area contributed by atoms with Crippen molar-refractivity contribution < 1.29 is 13.5 Å². The smallest absolute Gasteiger partial charge is 0.282 e. The summed E-state index contributed by atoms with van der Waals surface area (Å²) in [5.41, 5.74) is 0. The monoisotopic (exact) mass is 317 g/mol. The van der Waals surface area contributed by atoms with Crippen molar-refractivity contribution in [3.8, 4) is 0 Å². The first-order chi connectivity index (χ1) is 10.1. The zero-order valence-corrected chi connectivity index (χ0v) is 13.4. The largest absolute Gasteiger partial charge is 0.395 e. The summed E-state index contributed by atoms with van der Waals surface area (Å²) < 4.78 is 28.5.